The molecular weight excluding hydrogens is 459 g/mol. The molecule has 186 valence electrons. The predicted molar refractivity (Wildman–Crippen MR) is 114 cm³/mol. The molecule has 1 N–H and O–H groups in total. The first kappa shape index (κ1) is 25.6. The van der Waals surface area contributed by atoms with E-state index in [1.54, 1.807) is 18.2 Å². The number of carbonyl (C=O) groups excluding carboxylic acids is 1. The Kier molecular flexibility index (Phi) is 8.24. The highest BCUT2D eigenvalue weighted by Gasteiger charge is 2.38. The fourth-order valence-electron chi connectivity index (χ4n) is 3.67. The molecule has 0 fully saturated rings. The lowest BCUT2D eigenvalue weighted by Crippen LogP contribution is -2.18. The average molecular weight is 485 g/mol. The van der Waals surface area contributed by atoms with Gasteiger partial charge in [0.25, 0.3) is 0 Å². The molecule has 0 radical (unpaired) electrons. The number of ether oxygens (including phenoxy) is 6. The Labute approximate surface area is 194 Å². The monoisotopic (exact) mass is 485 g/mol. The summed E-state index contributed by atoms with van der Waals surface area (Å²) in [5, 5.41) is 3.16. The lowest BCUT2D eigenvalue weighted by atomic mass is 10.0. The van der Waals surface area contributed by atoms with Gasteiger partial charge in [0.15, 0.2) is 19.2 Å². The molecule has 0 saturated carbocycles. The number of esters is 1. The van der Waals surface area contributed by atoms with Gasteiger partial charge in [-0.1, -0.05) is 6.07 Å². The number of hydrogen-bond donors (Lipinski definition) is 1. The number of hydrogen-bond acceptors (Lipinski definition) is 8. The van der Waals surface area contributed by atoms with Crippen molar-refractivity contribution in [3.8, 4) is 11.5 Å². The molecule has 0 unspecified atom stereocenters. The van der Waals surface area contributed by atoms with Crippen molar-refractivity contribution in [1.29, 1.82) is 0 Å². The number of alkyl halides is 3. The van der Waals surface area contributed by atoms with E-state index in [-0.39, 0.29) is 18.7 Å². The quantitative estimate of drug-likeness (QED) is 0.387. The van der Waals surface area contributed by atoms with E-state index in [0.717, 1.165) is 11.6 Å². The van der Waals surface area contributed by atoms with E-state index in [9.17, 15) is 18.0 Å². The lowest BCUT2D eigenvalue weighted by Gasteiger charge is -2.24. The molecular formula is C23H26F3NO7. The molecule has 34 heavy (non-hydrogen) atoms. The molecule has 0 bridgehead atoms. The highest BCUT2D eigenvalue weighted by atomic mass is 19.4. The van der Waals surface area contributed by atoms with Crippen molar-refractivity contribution in [3.63, 3.8) is 0 Å². The van der Waals surface area contributed by atoms with Crippen LogP contribution in [0.4, 0.5) is 18.9 Å². The summed E-state index contributed by atoms with van der Waals surface area (Å²) < 4.78 is 72.6. The maximum atomic E-state index is 13.7. The van der Waals surface area contributed by atoms with Gasteiger partial charge in [0.05, 0.1) is 11.1 Å². The standard InChI is InChI=1S/C23H26F3NO7/c1-13(28)34-19-11-32-18-9-15(6-7-16(18)19)27-10-14-5-8-17(23(24,25)26)21(33-12-29-2)20(14)22(30-3)31-4/h5-9,19,22,27H,10-12H2,1-4H3/t19-/m1/s1. The third kappa shape index (κ3) is 5.72. The lowest BCUT2D eigenvalue weighted by molar-refractivity contribution is -0.147. The van der Waals surface area contributed by atoms with Crippen LogP contribution in [-0.4, -0.2) is 40.7 Å². The van der Waals surface area contributed by atoms with Crippen LogP contribution in [0.3, 0.4) is 0 Å². The second-order valence-corrected chi connectivity index (χ2v) is 7.38. The first-order valence-corrected chi connectivity index (χ1v) is 10.3. The zero-order valence-corrected chi connectivity index (χ0v) is 19.2. The molecule has 0 amide bonds. The van der Waals surface area contributed by atoms with E-state index in [4.69, 9.17) is 28.4 Å². The number of carbonyl (C=O) groups is 1. The van der Waals surface area contributed by atoms with Crippen molar-refractivity contribution in [2.24, 2.45) is 0 Å². The minimum absolute atomic E-state index is 0.0942. The number of methoxy groups -OCH3 is 3. The molecule has 1 atom stereocenters. The average Bonchev–Trinajstić information content (AvgIpc) is 3.18. The SMILES string of the molecule is COCOc1c(C(F)(F)F)ccc(CNc2ccc3c(c2)OC[C@H]3OC(C)=O)c1C(OC)OC. The summed E-state index contributed by atoms with van der Waals surface area (Å²) in [5.41, 5.74) is 0.984. The van der Waals surface area contributed by atoms with Gasteiger partial charge in [-0.05, 0) is 23.8 Å². The second-order valence-electron chi connectivity index (χ2n) is 7.38. The van der Waals surface area contributed by atoms with Crippen LogP contribution in [0.25, 0.3) is 0 Å². The van der Waals surface area contributed by atoms with Gasteiger partial charge in [0.2, 0.25) is 0 Å². The van der Waals surface area contributed by atoms with Gasteiger partial charge in [-0.25, -0.2) is 0 Å². The van der Waals surface area contributed by atoms with Crippen LogP contribution >= 0.6 is 0 Å². The van der Waals surface area contributed by atoms with Gasteiger partial charge in [-0.3, -0.25) is 4.79 Å². The summed E-state index contributed by atoms with van der Waals surface area (Å²) in [7, 11) is 3.95. The van der Waals surface area contributed by atoms with Crippen molar-refractivity contribution >= 4 is 11.7 Å². The highest BCUT2D eigenvalue weighted by Crippen LogP contribution is 2.43. The molecule has 2 aromatic carbocycles. The van der Waals surface area contributed by atoms with Crippen LogP contribution in [0.15, 0.2) is 30.3 Å². The number of benzene rings is 2. The van der Waals surface area contributed by atoms with Gasteiger partial charge in [-0.2, -0.15) is 13.2 Å². The molecule has 0 aliphatic carbocycles. The molecule has 8 nitrogen and oxygen atoms in total. The van der Waals surface area contributed by atoms with Crippen molar-refractivity contribution in [3.05, 3.63) is 52.6 Å². The third-order valence-corrected chi connectivity index (χ3v) is 5.12. The van der Waals surface area contributed by atoms with Crippen LogP contribution in [0, 0.1) is 0 Å². The fraction of sp³-hybridized carbons (Fsp3) is 0.435. The van der Waals surface area contributed by atoms with E-state index in [2.05, 4.69) is 5.32 Å². The van der Waals surface area contributed by atoms with Crippen LogP contribution in [-0.2, 0) is 36.5 Å². The molecule has 11 heteroatoms. The number of nitrogens with one attached hydrogen (secondary N) is 1. The van der Waals surface area contributed by atoms with Crippen molar-refractivity contribution in [1.82, 2.24) is 0 Å². The number of halogens is 3. The van der Waals surface area contributed by atoms with Crippen molar-refractivity contribution in [2.75, 3.05) is 40.0 Å². The third-order valence-electron chi connectivity index (χ3n) is 5.12. The Balaban J connectivity index is 1.91. The zero-order valence-electron chi connectivity index (χ0n) is 19.2. The van der Waals surface area contributed by atoms with Gasteiger partial charge >= 0.3 is 12.1 Å². The molecule has 0 saturated heterocycles. The normalized spacial score (nSPS) is 15.1. The Morgan fingerprint density at radius 2 is 1.91 bits per heavy atom. The Bertz CT molecular complexity index is 1010. The largest absolute Gasteiger partial charge is 0.489 e. The summed E-state index contributed by atoms with van der Waals surface area (Å²) in [6.45, 7) is 1.28. The van der Waals surface area contributed by atoms with E-state index in [1.807, 2.05) is 0 Å². The van der Waals surface area contributed by atoms with Crippen LogP contribution in [0.1, 0.15) is 41.6 Å². The summed E-state index contributed by atoms with van der Waals surface area (Å²) in [4.78, 5) is 11.3. The van der Waals surface area contributed by atoms with Crippen molar-refractivity contribution in [2.45, 2.75) is 32.0 Å². The molecule has 0 aromatic heterocycles. The van der Waals surface area contributed by atoms with Crippen LogP contribution in [0.2, 0.25) is 0 Å². The zero-order chi connectivity index (χ0) is 24.9. The first-order chi connectivity index (χ1) is 16.2. The predicted octanol–water partition coefficient (Wildman–Crippen LogP) is 4.59. The van der Waals surface area contributed by atoms with Gasteiger partial charge < -0.3 is 33.7 Å². The minimum atomic E-state index is -4.66. The van der Waals surface area contributed by atoms with Gasteiger partial charge in [-0.15, -0.1) is 0 Å². The van der Waals surface area contributed by atoms with E-state index in [0.29, 0.717) is 17.0 Å². The fourth-order valence-corrected chi connectivity index (χ4v) is 3.67. The van der Waals surface area contributed by atoms with E-state index in [1.165, 1.54) is 34.3 Å². The Hall–Kier alpha value is -3.02. The Morgan fingerprint density at radius 1 is 1.18 bits per heavy atom. The number of anilines is 1. The first-order valence-electron chi connectivity index (χ1n) is 10.3. The van der Waals surface area contributed by atoms with E-state index < -0.39 is 42.6 Å². The van der Waals surface area contributed by atoms with Gasteiger partial charge in [0.1, 0.15) is 18.1 Å². The topological polar surface area (TPSA) is 84.5 Å². The van der Waals surface area contributed by atoms with Crippen molar-refractivity contribution < 1.29 is 46.4 Å². The maximum absolute atomic E-state index is 13.7. The van der Waals surface area contributed by atoms with Crippen LogP contribution in [0.5, 0.6) is 11.5 Å². The summed E-state index contributed by atoms with van der Waals surface area (Å²) in [6, 6.07) is 7.56. The number of rotatable bonds is 10. The van der Waals surface area contributed by atoms with Gasteiger partial charge in [0, 0.05) is 52.1 Å². The summed E-state index contributed by atoms with van der Waals surface area (Å²) in [6.07, 6.45) is -6.25. The minimum Gasteiger partial charge on any atom is -0.489 e. The highest BCUT2D eigenvalue weighted by molar-refractivity contribution is 5.67. The molecule has 2 aromatic rings. The number of fused-ring (bicyclic) bond motifs is 1. The molecule has 3 rings (SSSR count). The molecule has 0 spiro atoms. The van der Waals surface area contributed by atoms with Crippen LogP contribution < -0.4 is 14.8 Å². The maximum Gasteiger partial charge on any atom is 0.419 e. The summed E-state index contributed by atoms with van der Waals surface area (Å²) >= 11 is 0. The Morgan fingerprint density at radius 3 is 2.53 bits per heavy atom. The molecule has 1 aliphatic rings. The van der Waals surface area contributed by atoms with E-state index >= 15 is 0 Å². The smallest absolute Gasteiger partial charge is 0.419 e. The summed E-state index contributed by atoms with van der Waals surface area (Å²) in [5.74, 6) is -0.278. The molecule has 1 aliphatic heterocycles. The second kappa shape index (κ2) is 10.9. The molecule has 1 heterocycles.